The van der Waals surface area contributed by atoms with E-state index >= 15 is 0 Å². The molecule has 6 heteroatoms. The van der Waals surface area contributed by atoms with Gasteiger partial charge in [0, 0.05) is 30.3 Å². The Bertz CT molecular complexity index is 1170. The molecule has 1 aliphatic heterocycles. The fourth-order valence-electron chi connectivity index (χ4n) is 4.67. The maximum absolute atomic E-state index is 13.4. The molecular formula is C30H34FNO4. The van der Waals surface area contributed by atoms with E-state index in [0.29, 0.717) is 22.8 Å². The van der Waals surface area contributed by atoms with Crippen LogP contribution < -0.4 is 9.47 Å². The number of piperidine rings is 1. The average Bonchev–Trinajstić information content (AvgIpc) is 2.86. The number of aryl methyl sites for hydroxylation is 1. The van der Waals surface area contributed by atoms with Gasteiger partial charge < -0.3 is 19.5 Å². The normalized spacial score (nSPS) is 14.2. The predicted molar refractivity (Wildman–Crippen MR) is 139 cm³/mol. The largest absolute Gasteiger partial charge is 0.507 e. The van der Waals surface area contributed by atoms with E-state index in [-0.39, 0.29) is 24.4 Å². The molecule has 1 heterocycles. The lowest BCUT2D eigenvalue weighted by atomic mass is 9.90. The summed E-state index contributed by atoms with van der Waals surface area (Å²) >= 11 is 0. The van der Waals surface area contributed by atoms with Crippen LogP contribution in [0.4, 0.5) is 4.39 Å². The summed E-state index contributed by atoms with van der Waals surface area (Å²) in [6.45, 7) is 5.43. The highest BCUT2D eigenvalue weighted by molar-refractivity contribution is 5.79. The van der Waals surface area contributed by atoms with Gasteiger partial charge in [0.15, 0.2) is 6.61 Å². The van der Waals surface area contributed by atoms with E-state index in [4.69, 9.17) is 9.47 Å². The van der Waals surface area contributed by atoms with Crippen molar-refractivity contribution in [2.24, 2.45) is 5.92 Å². The second-order valence-electron chi connectivity index (χ2n) is 9.62. The van der Waals surface area contributed by atoms with Gasteiger partial charge in [-0.3, -0.25) is 4.79 Å². The van der Waals surface area contributed by atoms with Gasteiger partial charge in [0.2, 0.25) is 0 Å². The number of phenolic OH excluding ortho intramolecular Hbond substituents is 1. The lowest BCUT2D eigenvalue weighted by Gasteiger charge is -2.32. The molecular weight excluding hydrogens is 457 g/mol. The van der Waals surface area contributed by atoms with Crippen LogP contribution in [0.1, 0.15) is 38.7 Å². The van der Waals surface area contributed by atoms with Crippen LogP contribution >= 0.6 is 0 Å². The van der Waals surface area contributed by atoms with E-state index in [1.54, 1.807) is 18.2 Å². The van der Waals surface area contributed by atoms with Crippen LogP contribution in [0.15, 0.2) is 66.7 Å². The second kappa shape index (κ2) is 11.9. The second-order valence-corrected chi connectivity index (χ2v) is 9.62. The highest BCUT2D eigenvalue weighted by Crippen LogP contribution is 2.36. The van der Waals surface area contributed by atoms with Crippen LogP contribution in [-0.4, -0.2) is 41.7 Å². The van der Waals surface area contributed by atoms with Crippen molar-refractivity contribution in [3.63, 3.8) is 0 Å². The molecule has 0 saturated carbocycles. The van der Waals surface area contributed by atoms with Gasteiger partial charge in [-0.1, -0.05) is 30.3 Å². The van der Waals surface area contributed by atoms with E-state index in [1.165, 1.54) is 17.7 Å². The third kappa shape index (κ3) is 6.78. The number of para-hydroxylation sites is 1. The van der Waals surface area contributed by atoms with Gasteiger partial charge in [0.1, 0.15) is 23.1 Å². The van der Waals surface area contributed by atoms with E-state index in [2.05, 4.69) is 12.1 Å². The van der Waals surface area contributed by atoms with Crippen LogP contribution in [-0.2, 0) is 11.2 Å². The van der Waals surface area contributed by atoms with E-state index in [9.17, 15) is 14.3 Å². The first-order chi connectivity index (χ1) is 17.4. The number of carbonyl (C=O) groups excluding carboxylic acids is 1. The van der Waals surface area contributed by atoms with Crippen molar-refractivity contribution in [2.45, 2.75) is 45.6 Å². The number of aromatic hydroxyl groups is 1. The van der Waals surface area contributed by atoms with Crippen LogP contribution in [0.25, 0.3) is 11.1 Å². The summed E-state index contributed by atoms with van der Waals surface area (Å²) in [7, 11) is 0. The number of hydrogen-bond donors (Lipinski definition) is 1. The maximum Gasteiger partial charge on any atom is 0.260 e. The Balaban J connectivity index is 1.26. The Morgan fingerprint density at radius 3 is 2.56 bits per heavy atom. The van der Waals surface area contributed by atoms with Crippen molar-refractivity contribution >= 4 is 5.91 Å². The number of nitrogens with zero attached hydrogens (tertiary/aromatic N) is 1. The van der Waals surface area contributed by atoms with E-state index in [0.717, 1.165) is 50.6 Å². The summed E-state index contributed by atoms with van der Waals surface area (Å²) in [5.41, 5.74) is 2.36. The van der Waals surface area contributed by atoms with Crippen LogP contribution in [0.3, 0.4) is 0 Å². The highest BCUT2D eigenvalue weighted by Gasteiger charge is 2.23. The van der Waals surface area contributed by atoms with Gasteiger partial charge in [0.25, 0.3) is 5.91 Å². The standard InChI is InChI=1S/C30H34FNO4/c1-21(2)36-25-7-5-6-23(18-25)11-10-22-14-16-32(17-15-22)30(34)20-35-29-9-4-3-8-27(29)26-13-12-24(31)19-28(26)33/h3-9,12-13,18-19,21-22,33H,10-11,14-17,20H2,1-2H3. The quantitative estimate of drug-likeness (QED) is 0.385. The number of ether oxygens (including phenoxy) is 2. The summed E-state index contributed by atoms with van der Waals surface area (Å²) in [6, 6.07) is 19.3. The third-order valence-electron chi connectivity index (χ3n) is 6.57. The molecule has 1 amide bonds. The van der Waals surface area contributed by atoms with Gasteiger partial charge in [-0.25, -0.2) is 4.39 Å². The monoisotopic (exact) mass is 491 g/mol. The van der Waals surface area contributed by atoms with Crippen LogP contribution in [0.2, 0.25) is 0 Å². The Hall–Kier alpha value is -3.54. The molecule has 0 bridgehead atoms. The van der Waals surface area contributed by atoms with Crippen LogP contribution in [0, 0.1) is 11.7 Å². The number of halogens is 1. The molecule has 0 aromatic heterocycles. The maximum atomic E-state index is 13.4. The molecule has 0 atom stereocenters. The highest BCUT2D eigenvalue weighted by atomic mass is 19.1. The zero-order valence-corrected chi connectivity index (χ0v) is 21.0. The number of benzene rings is 3. The number of hydrogen-bond acceptors (Lipinski definition) is 4. The number of carbonyl (C=O) groups is 1. The number of likely N-dealkylation sites (tertiary alicyclic amines) is 1. The molecule has 3 aromatic rings. The van der Waals surface area contributed by atoms with Crippen molar-refractivity contribution in [2.75, 3.05) is 19.7 Å². The van der Waals surface area contributed by atoms with E-state index < -0.39 is 5.82 Å². The molecule has 190 valence electrons. The minimum Gasteiger partial charge on any atom is -0.507 e. The summed E-state index contributed by atoms with van der Waals surface area (Å²) in [5.74, 6) is 1.25. The van der Waals surface area contributed by atoms with Gasteiger partial charge in [-0.05, 0) is 81.3 Å². The SMILES string of the molecule is CC(C)Oc1cccc(CCC2CCN(C(=O)COc3ccccc3-c3ccc(F)cc3O)CC2)c1. The summed E-state index contributed by atoms with van der Waals surface area (Å²) in [5, 5.41) is 10.2. The Labute approximate surface area is 212 Å². The average molecular weight is 492 g/mol. The van der Waals surface area contributed by atoms with Crippen LogP contribution in [0.5, 0.6) is 17.2 Å². The van der Waals surface area contributed by atoms with Gasteiger partial charge >= 0.3 is 0 Å². The summed E-state index contributed by atoms with van der Waals surface area (Å²) in [6.07, 6.45) is 4.22. The summed E-state index contributed by atoms with van der Waals surface area (Å²) < 4.78 is 25.1. The summed E-state index contributed by atoms with van der Waals surface area (Å²) in [4.78, 5) is 14.7. The zero-order valence-electron chi connectivity index (χ0n) is 21.0. The molecule has 0 spiro atoms. The van der Waals surface area contributed by atoms with Crippen molar-refractivity contribution in [3.8, 4) is 28.4 Å². The molecule has 1 fully saturated rings. The fraction of sp³-hybridized carbons (Fsp3) is 0.367. The molecule has 1 saturated heterocycles. The van der Waals surface area contributed by atoms with Gasteiger partial charge in [0.05, 0.1) is 6.10 Å². The first-order valence-electron chi connectivity index (χ1n) is 12.6. The lowest BCUT2D eigenvalue weighted by Crippen LogP contribution is -2.41. The van der Waals surface area contributed by atoms with Crippen molar-refractivity contribution in [1.29, 1.82) is 0 Å². The predicted octanol–water partition coefficient (Wildman–Crippen LogP) is 6.24. The molecule has 0 aliphatic carbocycles. The smallest absolute Gasteiger partial charge is 0.260 e. The van der Waals surface area contributed by atoms with Crippen molar-refractivity contribution in [3.05, 3.63) is 78.1 Å². The zero-order chi connectivity index (χ0) is 25.5. The number of phenols is 1. The Morgan fingerprint density at radius 1 is 1.03 bits per heavy atom. The minimum atomic E-state index is -0.512. The van der Waals surface area contributed by atoms with Crippen molar-refractivity contribution in [1.82, 2.24) is 4.90 Å². The lowest BCUT2D eigenvalue weighted by molar-refractivity contribution is -0.134. The number of amides is 1. The molecule has 4 rings (SSSR count). The van der Waals surface area contributed by atoms with Gasteiger partial charge in [-0.15, -0.1) is 0 Å². The van der Waals surface area contributed by atoms with E-state index in [1.807, 2.05) is 36.9 Å². The molecule has 3 aromatic carbocycles. The minimum absolute atomic E-state index is 0.0508. The number of rotatable bonds is 9. The molecule has 0 radical (unpaired) electrons. The Kier molecular flexibility index (Phi) is 8.47. The Morgan fingerprint density at radius 2 is 1.81 bits per heavy atom. The van der Waals surface area contributed by atoms with Gasteiger partial charge in [-0.2, -0.15) is 0 Å². The first kappa shape index (κ1) is 25.5. The molecule has 5 nitrogen and oxygen atoms in total. The molecule has 36 heavy (non-hydrogen) atoms. The first-order valence-corrected chi connectivity index (χ1v) is 12.6. The molecule has 0 unspecified atom stereocenters. The fourth-order valence-corrected chi connectivity index (χ4v) is 4.67. The van der Waals surface area contributed by atoms with Crippen molar-refractivity contribution < 1.29 is 23.8 Å². The molecule has 1 aliphatic rings. The third-order valence-corrected chi connectivity index (χ3v) is 6.57. The molecule has 1 N–H and O–H groups in total. The topological polar surface area (TPSA) is 59.0 Å².